The van der Waals surface area contributed by atoms with E-state index in [1.54, 1.807) is 0 Å². The van der Waals surface area contributed by atoms with Crippen LogP contribution in [0, 0.1) is 0 Å². The van der Waals surface area contributed by atoms with Crippen LogP contribution in [-0.4, -0.2) is 0 Å². The van der Waals surface area contributed by atoms with Crippen molar-refractivity contribution in [3.63, 3.8) is 0 Å². The third kappa shape index (κ3) is 5.65. The summed E-state index contributed by atoms with van der Waals surface area (Å²) in [6, 6.07) is 75.5. The Morgan fingerprint density at radius 1 is 0.358 bits per heavy atom. The molecule has 2 heteroatoms. The van der Waals surface area contributed by atoms with Crippen LogP contribution >= 0.6 is 11.3 Å². The number of fused-ring (bicyclic) bond motifs is 6. The topological polar surface area (TPSA) is 3.24 Å². The van der Waals surface area contributed by atoms with Crippen LogP contribution in [0.4, 0.5) is 17.1 Å². The predicted octanol–water partition coefficient (Wildman–Crippen LogP) is 14.7. The van der Waals surface area contributed by atoms with Gasteiger partial charge in [0.25, 0.3) is 0 Å². The van der Waals surface area contributed by atoms with Crippen LogP contribution in [-0.2, 0) is 0 Å². The van der Waals surface area contributed by atoms with E-state index >= 15 is 0 Å². The largest absolute Gasteiger partial charge is 0.310 e. The maximum Gasteiger partial charge on any atom is 0.0546 e. The fraction of sp³-hybridized carbons (Fsp3) is 0.0196. The van der Waals surface area contributed by atoms with Crippen LogP contribution in [0.3, 0.4) is 0 Å². The number of nitrogens with zero attached hydrogens (tertiary/aromatic N) is 1. The van der Waals surface area contributed by atoms with Crippen molar-refractivity contribution >= 4 is 70.1 Å². The molecule has 0 unspecified atom stereocenters. The van der Waals surface area contributed by atoms with Crippen molar-refractivity contribution in [2.45, 2.75) is 5.92 Å². The Morgan fingerprint density at radius 2 is 0.981 bits per heavy atom. The first-order valence-electron chi connectivity index (χ1n) is 18.2. The second-order valence-corrected chi connectivity index (χ2v) is 14.8. The Balaban J connectivity index is 1.21. The zero-order chi connectivity index (χ0) is 35.1. The molecule has 0 bridgehead atoms. The molecule has 0 fully saturated rings. The molecule has 0 spiro atoms. The average Bonchev–Trinajstić information content (AvgIpc) is 3.59. The van der Waals surface area contributed by atoms with Crippen molar-refractivity contribution < 1.29 is 0 Å². The molecule has 0 radical (unpaired) electrons. The first kappa shape index (κ1) is 31.3. The maximum absolute atomic E-state index is 2.46. The van der Waals surface area contributed by atoms with E-state index in [0.29, 0.717) is 0 Å². The van der Waals surface area contributed by atoms with Gasteiger partial charge in [0.2, 0.25) is 0 Å². The second kappa shape index (κ2) is 13.2. The standard InChI is InChI=1S/C51H35NS/c1-4-14-35(15-5-1)36-28-30-42(31-29-36)52(43-22-12-21-41(32-43)50(37-16-6-2-7-17-37)38-18-8-3-9-19-38)47-24-13-20-39-26-27-40-33-46-44-23-10-11-25-48(44)53-49(46)34-45(40)51(39)47/h1-34,50H. The first-order chi connectivity index (χ1) is 26.3. The van der Waals surface area contributed by atoms with Gasteiger partial charge in [0.1, 0.15) is 0 Å². The minimum absolute atomic E-state index is 0.0919. The molecule has 0 saturated carbocycles. The van der Waals surface area contributed by atoms with E-state index < -0.39 is 0 Å². The normalized spacial score (nSPS) is 11.6. The minimum Gasteiger partial charge on any atom is -0.310 e. The van der Waals surface area contributed by atoms with Gasteiger partial charge in [0.05, 0.1) is 5.69 Å². The number of rotatable bonds is 7. The molecular formula is C51H35NS. The zero-order valence-electron chi connectivity index (χ0n) is 29.1. The lowest BCUT2D eigenvalue weighted by molar-refractivity contribution is 0.976. The van der Waals surface area contributed by atoms with Gasteiger partial charge < -0.3 is 4.90 Å². The molecule has 0 amide bonds. The highest BCUT2D eigenvalue weighted by molar-refractivity contribution is 7.25. The minimum atomic E-state index is 0.0919. The first-order valence-corrected chi connectivity index (χ1v) is 19.0. The van der Waals surface area contributed by atoms with Crippen LogP contribution < -0.4 is 4.90 Å². The SMILES string of the molecule is c1ccc(-c2ccc(N(c3cccc(C(c4ccccc4)c4ccccc4)c3)c3cccc4ccc5cc6c(cc5c34)sc3ccccc36)cc2)cc1. The molecule has 1 aromatic heterocycles. The summed E-state index contributed by atoms with van der Waals surface area (Å²) < 4.78 is 2.64. The quantitative estimate of drug-likeness (QED) is 0.119. The van der Waals surface area contributed by atoms with Crippen molar-refractivity contribution in [1.82, 2.24) is 0 Å². The van der Waals surface area contributed by atoms with E-state index in [-0.39, 0.29) is 5.92 Å². The van der Waals surface area contributed by atoms with Crippen LogP contribution in [0.1, 0.15) is 22.6 Å². The van der Waals surface area contributed by atoms with E-state index in [9.17, 15) is 0 Å². The van der Waals surface area contributed by atoms with Gasteiger partial charge >= 0.3 is 0 Å². The summed E-state index contributed by atoms with van der Waals surface area (Å²) in [4.78, 5) is 2.46. The van der Waals surface area contributed by atoms with Crippen LogP contribution in [0.5, 0.6) is 0 Å². The van der Waals surface area contributed by atoms with Gasteiger partial charge in [-0.1, -0.05) is 158 Å². The third-order valence-electron chi connectivity index (χ3n) is 10.5. The van der Waals surface area contributed by atoms with Crippen LogP contribution in [0.15, 0.2) is 206 Å². The molecular weight excluding hydrogens is 659 g/mol. The highest BCUT2D eigenvalue weighted by Gasteiger charge is 2.22. The van der Waals surface area contributed by atoms with E-state index in [1.165, 1.54) is 69.5 Å². The number of benzene rings is 9. The molecule has 53 heavy (non-hydrogen) atoms. The van der Waals surface area contributed by atoms with Gasteiger partial charge in [-0.15, -0.1) is 11.3 Å². The molecule has 1 nitrogen and oxygen atoms in total. The van der Waals surface area contributed by atoms with Crippen LogP contribution in [0.2, 0.25) is 0 Å². The van der Waals surface area contributed by atoms with Crippen LogP contribution in [0.25, 0.3) is 52.8 Å². The Hall–Kier alpha value is -6.48. The van der Waals surface area contributed by atoms with E-state index in [0.717, 1.165) is 17.1 Å². The second-order valence-electron chi connectivity index (χ2n) is 13.7. The molecule has 0 saturated heterocycles. The highest BCUT2D eigenvalue weighted by Crippen LogP contribution is 2.45. The highest BCUT2D eigenvalue weighted by atomic mass is 32.1. The molecule has 0 N–H and O–H groups in total. The molecule has 10 aromatic rings. The summed E-state index contributed by atoms with van der Waals surface area (Å²) in [6.07, 6.45) is 0. The van der Waals surface area contributed by atoms with Gasteiger partial charge in [0, 0.05) is 42.9 Å². The number of anilines is 3. The lowest BCUT2D eigenvalue weighted by Crippen LogP contribution is -2.12. The molecule has 0 aliphatic carbocycles. The Labute approximate surface area is 313 Å². The summed E-state index contributed by atoms with van der Waals surface area (Å²) in [5, 5.41) is 7.65. The van der Waals surface area contributed by atoms with Gasteiger partial charge in [-0.3, -0.25) is 0 Å². The van der Waals surface area contributed by atoms with E-state index in [2.05, 4.69) is 211 Å². The third-order valence-corrected chi connectivity index (χ3v) is 11.7. The van der Waals surface area contributed by atoms with E-state index in [4.69, 9.17) is 0 Å². The van der Waals surface area contributed by atoms with Gasteiger partial charge in [-0.2, -0.15) is 0 Å². The van der Waals surface area contributed by atoms with Gasteiger partial charge in [0.15, 0.2) is 0 Å². The Bertz CT molecular complexity index is 2840. The fourth-order valence-corrected chi connectivity index (χ4v) is 9.20. The molecule has 0 aliphatic heterocycles. The van der Waals surface area contributed by atoms with Gasteiger partial charge in [-0.25, -0.2) is 0 Å². The predicted molar refractivity (Wildman–Crippen MR) is 228 cm³/mol. The van der Waals surface area contributed by atoms with Crippen molar-refractivity contribution in [3.8, 4) is 11.1 Å². The van der Waals surface area contributed by atoms with Gasteiger partial charge in [-0.05, 0) is 92.5 Å². The van der Waals surface area contributed by atoms with Crippen molar-refractivity contribution in [3.05, 3.63) is 223 Å². The number of hydrogen-bond donors (Lipinski definition) is 0. The summed E-state index contributed by atoms with van der Waals surface area (Å²) >= 11 is 1.88. The molecule has 10 rings (SSSR count). The smallest absolute Gasteiger partial charge is 0.0546 e. The molecule has 9 aromatic carbocycles. The lowest BCUT2D eigenvalue weighted by atomic mass is 9.85. The summed E-state index contributed by atoms with van der Waals surface area (Å²) in [5.41, 5.74) is 9.62. The Kier molecular flexibility index (Phi) is 7.82. The monoisotopic (exact) mass is 693 g/mol. The number of thiophene rings is 1. The van der Waals surface area contributed by atoms with Crippen molar-refractivity contribution in [2.24, 2.45) is 0 Å². The molecule has 0 atom stereocenters. The summed E-state index contributed by atoms with van der Waals surface area (Å²) in [5.74, 6) is 0.0919. The van der Waals surface area contributed by atoms with Crippen molar-refractivity contribution in [2.75, 3.05) is 4.90 Å². The fourth-order valence-electron chi connectivity index (χ4n) is 8.07. The number of hydrogen-bond acceptors (Lipinski definition) is 2. The lowest BCUT2D eigenvalue weighted by Gasteiger charge is -2.29. The maximum atomic E-state index is 2.46. The zero-order valence-corrected chi connectivity index (χ0v) is 29.9. The molecule has 0 aliphatic rings. The summed E-state index contributed by atoms with van der Waals surface area (Å²) in [6.45, 7) is 0. The Morgan fingerprint density at radius 3 is 1.74 bits per heavy atom. The van der Waals surface area contributed by atoms with Crippen molar-refractivity contribution in [1.29, 1.82) is 0 Å². The molecule has 250 valence electrons. The molecule has 1 heterocycles. The summed E-state index contributed by atoms with van der Waals surface area (Å²) in [7, 11) is 0. The average molecular weight is 694 g/mol. The van der Waals surface area contributed by atoms with E-state index in [1.807, 2.05) is 11.3 Å².